The first-order valence-electron chi connectivity index (χ1n) is 6.17. The van der Waals surface area contributed by atoms with Crippen LogP contribution in [0.4, 0.5) is 5.69 Å². The van der Waals surface area contributed by atoms with Crippen molar-refractivity contribution in [3.8, 4) is 16.5 Å². The molecule has 3 heterocycles. The van der Waals surface area contributed by atoms with E-state index in [1.165, 1.54) is 13.3 Å². The number of hydrogen-bond donors (Lipinski definition) is 2. The van der Waals surface area contributed by atoms with Crippen molar-refractivity contribution in [2.75, 3.05) is 12.4 Å². The van der Waals surface area contributed by atoms with Crippen molar-refractivity contribution in [2.45, 2.75) is 0 Å². The molecule has 0 aliphatic carbocycles. The number of amides is 1. The monoisotopic (exact) mass is 300 g/mol. The highest BCUT2D eigenvalue weighted by atomic mass is 32.1. The minimum atomic E-state index is -0.291. The molecule has 1 amide bonds. The number of nitrogens with zero attached hydrogens (tertiary/aromatic N) is 2. The summed E-state index contributed by atoms with van der Waals surface area (Å²) in [5.41, 5.74) is 1.73. The average molecular weight is 300 g/mol. The van der Waals surface area contributed by atoms with E-state index >= 15 is 0 Å². The van der Waals surface area contributed by atoms with Gasteiger partial charge >= 0.3 is 0 Å². The minimum absolute atomic E-state index is 0.291. The van der Waals surface area contributed by atoms with Crippen molar-refractivity contribution in [1.29, 1.82) is 0 Å². The fraction of sp³-hybridized carbons (Fsp3) is 0.0714. The number of aromatic amines is 1. The van der Waals surface area contributed by atoms with Gasteiger partial charge in [-0.05, 0) is 23.6 Å². The highest BCUT2D eigenvalue weighted by molar-refractivity contribution is 7.13. The van der Waals surface area contributed by atoms with Gasteiger partial charge in [0.05, 0.1) is 29.6 Å². The second kappa shape index (κ2) is 5.76. The molecule has 6 nitrogen and oxygen atoms in total. The van der Waals surface area contributed by atoms with Crippen molar-refractivity contribution in [3.05, 3.63) is 47.6 Å². The van der Waals surface area contributed by atoms with E-state index in [9.17, 15) is 4.79 Å². The summed E-state index contributed by atoms with van der Waals surface area (Å²) in [7, 11) is 1.54. The lowest BCUT2D eigenvalue weighted by Gasteiger charge is -2.03. The molecule has 3 rings (SSSR count). The van der Waals surface area contributed by atoms with E-state index in [2.05, 4.69) is 20.5 Å². The third kappa shape index (κ3) is 2.92. The predicted octanol–water partition coefficient (Wildman–Crippen LogP) is 2.79. The molecule has 2 N–H and O–H groups in total. The molecule has 0 aliphatic heterocycles. The lowest BCUT2D eigenvalue weighted by molar-refractivity contribution is 0.102. The number of methoxy groups -OCH3 is 1. The summed E-state index contributed by atoms with van der Waals surface area (Å²) in [6, 6.07) is 9.03. The van der Waals surface area contributed by atoms with Gasteiger partial charge in [-0.2, -0.15) is 5.10 Å². The summed E-state index contributed by atoms with van der Waals surface area (Å²) in [5, 5.41) is 11.6. The van der Waals surface area contributed by atoms with E-state index in [0.717, 1.165) is 10.6 Å². The van der Waals surface area contributed by atoms with Crippen LogP contribution in [0.1, 0.15) is 10.5 Å². The van der Waals surface area contributed by atoms with Gasteiger partial charge in [0.15, 0.2) is 5.69 Å². The Balaban J connectivity index is 1.73. The summed E-state index contributed by atoms with van der Waals surface area (Å²) < 4.78 is 4.96. The average Bonchev–Trinajstić information content (AvgIpc) is 3.19. The van der Waals surface area contributed by atoms with Crippen LogP contribution in [0.25, 0.3) is 10.6 Å². The van der Waals surface area contributed by atoms with Gasteiger partial charge in [-0.15, -0.1) is 11.3 Å². The molecule has 0 bridgehead atoms. The maximum absolute atomic E-state index is 12.1. The smallest absolute Gasteiger partial charge is 0.276 e. The summed E-state index contributed by atoms with van der Waals surface area (Å²) in [5.74, 6) is 0.203. The van der Waals surface area contributed by atoms with Crippen LogP contribution in [0.5, 0.6) is 5.88 Å². The van der Waals surface area contributed by atoms with Gasteiger partial charge in [-0.3, -0.25) is 9.89 Å². The zero-order valence-corrected chi connectivity index (χ0v) is 12.0. The topological polar surface area (TPSA) is 79.9 Å². The largest absolute Gasteiger partial charge is 0.481 e. The first-order valence-corrected chi connectivity index (χ1v) is 7.05. The zero-order valence-electron chi connectivity index (χ0n) is 11.2. The van der Waals surface area contributed by atoms with Crippen molar-refractivity contribution >= 4 is 22.9 Å². The Labute approximate surface area is 124 Å². The molecule has 0 aromatic carbocycles. The molecule has 21 heavy (non-hydrogen) atoms. The van der Waals surface area contributed by atoms with E-state index in [-0.39, 0.29) is 5.91 Å². The van der Waals surface area contributed by atoms with Crippen LogP contribution >= 0.6 is 11.3 Å². The molecule has 0 saturated heterocycles. The number of H-pyrrole nitrogens is 1. The molecule has 0 fully saturated rings. The molecule has 106 valence electrons. The summed E-state index contributed by atoms with van der Waals surface area (Å²) >= 11 is 1.58. The van der Waals surface area contributed by atoms with E-state index in [1.807, 2.05) is 17.5 Å². The van der Waals surface area contributed by atoms with Crippen LogP contribution in [0.2, 0.25) is 0 Å². The first-order chi connectivity index (χ1) is 10.3. The zero-order chi connectivity index (χ0) is 14.7. The van der Waals surface area contributed by atoms with Gasteiger partial charge in [-0.1, -0.05) is 6.07 Å². The lowest BCUT2D eigenvalue weighted by atomic mass is 10.3. The fourth-order valence-corrected chi connectivity index (χ4v) is 2.46. The Morgan fingerprint density at radius 3 is 2.95 bits per heavy atom. The minimum Gasteiger partial charge on any atom is -0.481 e. The molecule has 0 saturated carbocycles. The molecule has 3 aromatic heterocycles. The highest BCUT2D eigenvalue weighted by Gasteiger charge is 2.12. The SMILES string of the molecule is COc1ccc(NC(=O)c2cc(-c3cccs3)[nH]n2)cn1. The number of rotatable bonds is 4. The Bertz CT molecular complexity index is 735. The van der Waals surface area contributed by atoms with Crippen LogP contribution in [0.3, 0.4) is 0 Å². The molecule has 0 spiro atoms. The van der Waals surface area contributed by atoms with E-state index in [1.54, 1.807) is 29.5 Å². The quantitative estimate of drug-likeness (QED) is 0.776. The van der Waals surface area contributed by atoms with Gasteiger partial charge in [-0.25, -0.2) is 4.98 Å². The van der Waals surface area contributed by atoms with Crippen molar-refractivity contribution < 1.29 is 9.53 Å². The number of nitrogens with one attached hydrogen (secondary N) is 2. The molecule has 0 aliphatic rings. The summed E-state index contributed by atoms with van der Waals surface area (Å²) in [6.07, 6.45) is 1.53. The molecular formula is C14H12N4O2S. The number of aromatic nitrogens is 3. The molecule has 7 heteroatoms. The number of thiophene rings is 1. The van der Waals surface area contributed by atoms with Crippen LogP contribution in [-0.4, -0.2) is 28.2 Å². The highest BCUT2D eigenvalue weighted by Crippen LogP contribution is 2.23. The van der Waals surface area contributed by atoms with Gasteiger partial charge in [0, 0.05) is 6.07 Å². The van der Waals surface area contributed by atoms with Gasteiger partial charge in [0.2, 0.25) is 5.88 Å². The summed E-state index contributed by atoms with van der Waals surface area (Å²) in [6.45, 7) is 0. The van der Waals surface area contributed by atoms with E-state index in [0.29, 0.717) is 17.3 Å². The predicted molar refractivity (Wildman–Crippen MR) is 80.6 cm³/mol. The van der Waals surface area contributed by atoms with E-state index in [4.69, 9.17) is 4.74 Å². The molecule has 0 atom stereocenters. The number of hydrogen-bond acceptors (Lipinski definition) is 5. The van der Waals surface area contributed by atoms with Gasteiger partial charge in [0.1, 0.15) is 0 Å². The number of anilines is 1. The van der Waals surface area contributed by atoms with Gasteiger partial charge < -0.3 is 10.1 Å². The van der Waals surface area contributed by atoms with E-state index < -0.39 is 0 Å². The van der Waals surface area contributed by atoms with Gasteiger partial charge in [0.25, 0.3) is 5.91 Å². The fourth-order valence-electron chi connectivity index (χ4n) is 1.77. The standard InChI is InChI=1S/C14H12N4O2S/c1-20-13-5-4-9(8-15-13)16-14(19)11-7-10(17-18-11)12-3-2-6-21-12/h2-8H,1H3,(H,16,19)(H,17,18). The molecule has 0 unspecified atom stereocenters. The number of carbonyl (C=O) groups is 1. The second-order valence-electron chi connectivity index (χ2n) is 4.19. The van der Waals surface area contributed by atoms with Crippen molar-refractivity contribution in [3.63, 3.8) is 0 Å². The number of pyridine rings is 1. The number of carbonyl (C=O) groups excluding carboxylic acids is 1. The maximum atomic E-state index is 12.1. The third-order valence-electron chi connectivity index (χ3n) is 2.80. The Hall–Kier alpha value is -2.67. The first kappa shape index (κ1) is 13.3. The lowest BCUT2D eigenvalue weighted by Crippen LogP contribution is -2.12. The normalized spacial score (nSPS) is 10.3. The summed E-state index contributed by atoms with van der Waals surface area (Å²) in [4.78, 5) is 17.2. The van der Waals surface area contributed by atoms with Crippen LogP contribution in [0, 0.1) is 0 Å². The van der Waals surface area contributed by atoms with Crippen molar-refractivity contribution in [2.24, 2.45) is 0 Å². The molecule has 0 radical (unpaired) electrons. The van der Waals surface area contributed by atoms with Crippen LogP contribution < -0.4 is 10.1 Å². The maximum Gasteiger partial charge on any atom is 0.276 e. The Kier molecular flexibility index (Phi) is 3.65. The van der Waals surface area contributed by atoms with Crippen LogP contribution in [0.15, 0.2) is 41.9 Å². The molecule has 3 aromatic rings. The number of ether oxygens (including phenoxy) is 1. The van der Waals surface area contributed by atoms with Crippen molar-refractivity contribution in [1.82, 2.24) is 15.2 Å². The Morgan fingerprint density at radius 1 is 1.38 bits per heavy atom. The van der Waals surface area contributed by atoms with Crippen LogP contribution in [-0.2, 0) is 0 Å². The Morgan fingerprint density at radius 2 is 2.29 bits per heavy atom. The second-order valence-corrected chi connectivity index (χ2v) is 5.14. The molecular weight excluding hydrogens is 288 g/mol. The third-order valence-corrected chi connectivity index (χ3v) is 3.70.